The number of pyridine rings is 1. The first-order valence-electron chi connectivity index (χ1n) is 9.04. The summed E-state index contributed by atoms with van der Waals surface area (Å²) in [5.74, 6) is -1.37. The molecule has 0 atom stereocenters. The number of hydrogen-bond acceptors (Lipinski definition) is 5. The summed E-state index contributed by atoms with van der Waals surface area (Å²) in [5, 5.41) is 0. The average Bonchev–Trinajstić information content (AvgIpc) is 2.72. The van der Waals surface area contributed by atoms with Crippen LogP contribution in [-0.2, 0) is 11.0 Å². The first kappa shape index (κ1) is 22.5. The van der Waals surface area contributed by atoms with Crippen molar-refractivity contribution in [2.24, 2.45) is 0 Å². The van der Waals surface area contributed by atoms with Crippen LogP contribution in [0.15, 0.2) is 42.9 Å². The van der Waals surface area contributed by atoms with Gasteiger partial charge in [-0.3, -0.25) is 9.78 Å². The van der Waals surface area contributed by atoms with Gasteiger partial charge < -0.3 is 9.64 Å². The minimum Gasteiger partial charge on any atom is -0.436 e. The molecule has 1 saturated heterocycles. The van der Waals surface area contributed by atoms with Crippen LogP contribution in [0.4, 0.5) is 26.3 Å². The van der Waals surface area contributed by atoms with Crippen molar-refractivity contribution in [1.29, 1.82) is 0 Å². The maximum atomic E-state index is 12.7. The zero-order valence-electron chi connectivity index (χ0n) is 15.9. The van der Waals surface area contributed by atoms with Gasteiger partial charge in [0.1, 0.15) is 22.7 Å². The highest BCUT2D eigenvalue weighted by Gasteiger charge is 2.40. The number of likely N-dealkylation sites (tertiary alicyclic amines) is 1. The van der Waals surface area contributed by atoms with Gasteiger partial charge >= 0.3 is 12.4 Å². The van der Waals surface area contributed by atoms with Gasteiger partial charge in [-0.2, -0.15) is 26.3 Å². The lowest BCUT2D eigenvalue weighted by atomic mass is 9.93. The topological polar surface area (TPSA) is 68.2 Å². The third kappa shape index (κ3) is 5.30. The Morgan fingerprint density at radius 2 is 1.68 bits per heavy atom. The number of carbonyl (C=O) groups is 1. The lowest BCUT2D eigenvalue weighted by Crippen LogP contribution is -2.41. The minimum atomic E-state index is -4.80. The Morgan fingerprint density at radius 1 is 1.03 bits per heavy atom. The van der Waals surface area contributed by atoms with Gasteiger partial charge in [-0.05, 0) is 25.0 Å². The molecule has 3 heterocycles. The summed E-state index contributed by atoms with van der Waals surface area (Å²) in [6.45, 7) is 2.93. The maximum absolute atomic E-state index is 12.7. The monoisotopic (exact) mass is 446 g/mol. The molecule has 166 valence electrons. The Hall–Kier alpha value is -3.18. The quantitative estimate of drug-likeness (QED) is 0.511. The van der Waals surface area contributed by atoms with E-state index in [2.05, 4.69) is 21.5 Å². The molecule has 12 heteroatoms. The largest absolute Gasteiger partial charge is 0.436 e. The molecule has 0 aromatic carbocycles. The van der Waals surface area contributed by atoms with Gasteiger partial charge in [0.2, 0.25) is 5.88 Å². The van der Waals surface area contributed by atoms with E-state index in [0.717, 1.165) is 23.2 Å². The Balaban J connectivity index is 1.69. The molecule has 0 spiro atoms. The van der Waals surface area contributed by atoms with E-state index < -0.39 is 29.5 Å². The minimum absolute atomic E-state index is 0.0174. The van der Waals surface area contributed by atoms with Crippen molar-refractivity contribution in [3.8, 4) is 11.6 Å². The van der Waals surface area contributed by atoms with Crippen LogP contribution in [0.25, 0.3) is 0 Å². The number of rotatable bonds is 4. The summed E-state index contributed by atoms with van der Waals surface area (Å²) in [4.78, 5) is 24.6. The number of nitrogens with zero attached hydrogens (tertiary/aromatic N) is 4. The Bertz CT molecular complexity index is 951. The van der Waals surface area contributed by atoms with E-state index in [9.17, 15) is 31.1 Å². The summed E-state index contributed by atoms with van der Waals surface area (Å²) >= 11 is 0. The number of piperidine rings is 1. The first-order valence-corrected chi connectivity index (χ1v) is 9.04. The molecule has 2 aromatic heterocycles. The number of carbonyl (C=O) groups excluding carboxylic acids is 1. The van der Waals surface area contributed by atoms with Crippen LogP contribution < -0.4 is 4.74 Å². The molecule has 0 unspecified atom stereocenters. The summed E-state index contributed by atoms with van der Waals surface area (Å²) in [6, 6.07) is 1.86. The Labute approximate surface area is 172 Å². The van der Waals surface area contributed by atoms with Crippen LogP contribution in [0.2, 0.25) is 0 Å². The number of amides is 1. The van der Waals surface area contributed by atoms with Gasteiger partial charge in [0.15, 0.2) is 0 Å². The van der Waals surface area contributed by atoms with Crippen LogP contribution in [0, 0.1) is 0 Å². The second-order valence-electron chi connectivity index (χ2n) is 6.77. The zero-order valence-corrected chi connectivity index (χ0v) is 15.9. The zero-order chi connectivity index (χ0) is 22.8. The highest BCUT2D eigenvalue weighted by molar-refractivity contribution is 5.94. The number of alkyl halides is 6. The predicted octanol–water partition coefficient (Wildman–Crippen LogP) is 4.51. The van der Waals surface area contributed by atoms with Gasteiger partial charge in [0, 0.05) is 31.4 Å². The molecule has 0 saturated carbocycles. The second-order valence-corrected chi connectivity index (χ2v) is 6.77. The molecule has 6 nitrogen and oxygen atoms in total. The molecular weight excluding hydrogens is 430 g/mol. The third-order valence-electron chi connectivity index (χ3n) is 4.70. The number of ether oxygens (including phenoxy) is 1. The number of halogens is 6. The maximum Gasteiger partial charge on any atom is 0.433 e. The van der Waals surface area contributed by atoms with Crippen molar-refractivity contribution in [2.75, 3.05) is 13.1 Å². The van der Waals surface area contributed by atoms with Gasteiger partial charge in [0.25, 0.3) is 5.91 Å². The normalized spacial score (nSPS) is 15.6. The van der Waals surface area contributed by atoms with E-state index in [0.29, 0.717) is 18.5 Å². The van der Waals surface area contributed by atoms with Gasteiger partial charge in [0.05, 0.1) is 6.20 Å². The Morgan fingerprint density at radius 3 is 2.23 bits per heavy atom. The second kappa shape index (κ2) is 8.52. The van der Waals surface area contributed by atoms with E-state index in [1.54, 1.807) is 0 Å². The van der Waals surface area contributed by atoms with Crippen LogP contribution in [0.1, 0.15) is 30.1 Å². The molecular formula is C19H16F6N4O2. The van der Waals surface area contributed by atoms with E-state index in [1.165, 1.54) is 12.4 Å². The van der Waals surface area contributed by atoms with Crippen LogP contribution in [-0.4, -0.2) is 45.0 Å². The number of hydrogen-bond donors (Lipinski definition) is 0. The molecule has 2 aromatic rings. The fourth-order valence-electron chi connectivity index (χ4n) is 3.08. The molecule has 0 radical (unpaired) electrons. The summed E-state index contributed by atoms with van der Waals surface area (Å²) < 4.78 is 81.5. The standard InChI is InChI=1S/C19H16F6N4O2/c1-11(18(20,21)22)17(30)29-8-4-12(5-9-29)15-16(27-7-6-26-15)31-13-2-3-14(28-10-13)19(23,24)25/h2-3,6-7,10,12H,1,4-5,8-9H2. The lowest BCUT2D eigenvalue weighted by molar-refractivity contribution is -0.141. The molecule has 31 heavy (non-hydrogen) atoms. The summed E-state index contributed by atoms with van der Waals surface area (Å²) in [5.41, 5.74) is -2.11. The van der Waals surface area contributed by atoms with Crippen molar-refractivity contribution in [3.05, 3.63) is 54.3 Å². The highest BCUT2D eigenvalue weighted by atomic mass is 19.4. The van der Waals surface area contributed by atoms with Gasteiger partial charge in [-0.15, -0.1) is 0 Å². The number of aromatic nitrogens is 3. The van der Waals surface area contributed by atoms with Gasteiger partial charge in [-0.1, -0.05) is 6.58 Å². The van der Waals surface area contributed by atoms with Crippen molar-refractivity contribution in [2.45, 2.75) is 31.1 Å². The molecule has 0 N–H and O–H groups in total. The molecule has 1 aliphatic heterocycles. The summed E-state index contributed by atoms with van der Waals surface area (Å²) in [6.07, 6.45) is -5.13. The molecule has 0 bridgehead atoms. The molecule has 1 fully saturated rings. The highest BCUT2D eigenvalue weighted by Crippen LogP contribution is 2.35. The van der Waals surface area contributed by atoms with E-state index in [1.807, 2.05) is 0 Å². The Kier molecular flexibility index (Phi) is 6.18. The average molecular weight is 446 g/mol. The van der Waals surface area contributed by atoms with Gasteiger partial charge in [-0.25, -0.2) is 9.97 Å². The first-order chi connectivity index (χ1) is 14.5. The van der Waals surface area contributed by atoms with Crippen LogP contribution >= 0.6 is 0 Å². The third-order valence-corrected chi connectivity index (χ3v) is 4.70. The van der Waals surface area contributed by atoms with Crippen LogP contribution in [0.5, 0.6) is 11.6 Å². The molecule has 1 aliphatic rings. The van der Waals surface area contributed by atoms with Crippen molar-refractivity contribution < 1.29 is 35.9 Å². The van der Waals surface area contributed by atoms with Crippen molar-refractivity contribution >= 4 is 5.91 Å². The van der Waals surface area contributed by atoms with E-state index in [-0.39, 0.29) is 30.6 Å². The molecule has 0 aliphatic carbocycles. The smallest absolute Gasteiger partial charge is 0.433 e. The lowest BCUT2D eigenvalue weighted by Gasteiger charge is -2.32. The predicted molar refractivity (Wildman–Crippen MR) is 95.1 cm³/mol. The fourth-order valence-corrected chi connectivity index (χ4v) is 3.08. The van der Waals surface area contributed by atoms with E-state index in [4.69, 9.17) is 4.74 Å². The molecule has 1 amide bonds. The van der Waals surface area contributed by atoms with Crippen molar-refractivity contribution in [3.63, 3.8) is 0 Å². The SMILES string of the molecule is C=C(C(=O)N1CCC(c2nccnc2Oc2ccc(C(F)(F)F)nc2)CC1)C(F)(F)F. The summed E-state index contributed by atoms with van der Waals surface area (Å²) in [7, 11) is 0. The van der Waals surface area contributed by atoms with Crippen LogP contribution in [0.3, 0.4) is 0 Å². The fraction of sp³-hybridized carbons (Fsp3) is 0.368. The van der Waals surface area contributed by atoms with Crippen molar-refractivity contribution in [1.82, 2.24) is 19.9 Å². The molecule has 3 rings (SSSR count). The van der Waals surface area contributed by atoms with E-state index >= 15 is 0 Å².